The molecule has 7 heteroatoms. The molecule has 0 spiro atoms. The van der Waals surface area contributed by atoms with Crippen molar-refractivity contribution in [3.8, 4) is 0 Å². The highest BCUT2D eigenvalue weighted by Crippen LogP contribution is 2.12. The summed E-state index contributed by atoms with van der Waals surface area (Å²) < 4.78 is 0.649. The lowest BCUT2D eigenvalue weighted by Crippen LogP contribution is -2.34. The largest absolute Gasteiger partial charge is 0.381 e. The van der Waals surface area contributed by atoms with Crippen molar-refractivity contribution in [3.05, 3.63) is 16.5 Å². The molecule has 1 rings (SSSR count). The molecule has 4 N–H and O–H groups in total. The molecule has 1 aromatic rings. The number of rotatable bonds is 5. The molecule has 0 saturated heterocycles. The van der Waals surface area contributed by atoms with Gasteiger partial charge in [0, 0.05) is 12.5 Å². The van der Waals surface area contributed by atoms with Gasteiger partial charge in [-0.3, -0.25) is 4.79 Å². The molecule has 6 nitrogen and oxygen atoms in total. The van der Waals surface area contributed by atoms with E-state index in [9.17, 15) is 9.90 Å². The number of amides is 1. The highest BCUT2D eigenvalue weighted by molar-refractivity contribution is 9.10. The Kier molecular flexibility index (Phi) is 4.63. The number of carbonyl (C=O) groups is 1. The van der Waals surface area contributed by atoms with Crippen LogP contribution < -0.4 is 11.1 Å². The topological polar surface area (TPSA) is 101 Å². The van der Waals surface area contributed by atoms with E-state index in [1.807, 2.05) is 6.92 Å². The zero-order chi connectivity index (χ0) is 12.1. The van der Waals surface area contributed by atoms with Crippen LogP contribution in [0.4, 0.5) is 5.82 Å². The Labute approximate surface area is 101 Å². The van der Waals surface area contributed by atoms with Crippen LogP contribution in [0.1, 0.15) is 12.7 Å². The highest BCUT2D eigenvalue weighted by atomic mass is 79.9. The van der Waals surface area contributed by atoms with Gasteiger partial charge in [-0.1, -0.05) is 6.92 Å². The number of halogens is 1. The van der Waals surface area contributed by atoms with Crippen molar-refractivity contribution in [1.82, 2.24) is 9.97 Å². The molecule has 0 aliphatic rings. The lowest BCUT2D eigenvalue weighted by Gasteiger charge is -2.09. The number of hydrogen-bond donors (Lipinski definition) is 3. The lowest BCUT2D eigenvalue weighted by atomic mass is 10.3. The summed E-state index contributed by atoms with van der Waals surface area (Å²) in [5.74, 6) is 0.445. The quantitative estimate of drug-likeness (QED) is 0.665. The molecular weight excluding hydrogens is 276 g/mol. The zero-order valence-corrected chi connectivity index (χ0v) is 10.4. The first-order valence-corrected chi connectivity index (χ1v) is 5.57. The molecule has 0 aliphatic carbocycles. The van der Waals surface area contributed by atoms with Crippen molar-refractivity contribution < 1.29 is 9.90 Å². The Morgan fingerprint density at radius 2 is 2.38 bits per heavy atom. The summed E-state index contributed by atoms with van der Waals surface area (Å²) in [6, 6.07) is 1.66. The van der Waals surface area contributed by atoms with E-state index in [-0.39, 0.29) is 6.54 Å². The monoisotopic (exact) mass is 288 g/mol. The molecule has 88 valence electrons. The molecule has 1 heterocycles. The smallest absolute Gasteiger partial charge is 0.248 e. The molecular formula is C9H13BrN4O2. The summed E-state index contributed by atoms with van der Waals surface area (Å²) >= 11 is 3.24. The van der Waals surface area contributed by atoms with Crippen molar-refractivity contribution in [2.75, 3.05) is 11.9 Å². The van der Waals surface area contributed by atoms with Crippen LogP contribution in [0.15, 0.2) is 10.7 Å². The molecule has 0 bridgehead atoms. The fourth-order valence-electron chi connectivity index (χ4n) is 1.02. The molecule has 1 amide bonds. The van der Waals surface area contributed by atoms with Gasteiger partial charge in [0.2, 0.25) is 5.91 Å². The second-order valence-corrected chi connectivity index (χ2v) is 3.96. The second kappa shape index (κ2) is 5.76. The van der Waals surface area contributed by atoms with Crippen LogP contribution in [-0.4, -0.2) is 33.6 Å². The predicted molar refractivity (Wildman–Crippen MR) is 62.8 cm³/mol. The van der Waals surface area contributed by atoms with Crippen molar-refractivity contribution in [2.24, 2.45) is 5.73 Å². The number of nitrogens with two attached hydrogens (primary N) is 1. The van der Waals surface area contributed by atoms with E-state index in [1.54, 1.807) is 6.07 Å². The Hall–Kier alpha value is -1.21. The molecule has 0 fully saturated rings. The first kappa shape index (κ1) is 12.9. The molecule has 16 heavy (non-hydrogen) atoms. The maximum Gasteiger partial charge on any atom is 0.248 e. The van der Waals surface area contributed by atoms with E-state index in [0.717, 1.165) is 0 Å². The number of nitrogens with zero attached hydrogens (tertiary/aromatic N) is 2. The minimum Gasteiger partial charge on any atom is -0.381 e. The van der Waals surface area contributed by atoms with E-state index in [0.29, 0.717) is 22.7 Å². The number of anilines is 1. The molecule has 0 aliphatic heterocycles. The number of aliphatic hydroxyl groups excluding tert-OH is 1. The van der Waals surface area contributed by atoms with Crippen LogP contribution in [0.3, 0.4) is 0 Å². The van der Waals surface area contributed by atoms with Gasteiger partial charge in [-0.2, -0.15) is 0 Å². The number of aromatic nitrogens is 2. The number of aliphatic hydroxyl groups is 1. The number of nitrogens with one attached hydrogen (secondary N) is 1. The Morgan fingerprint density at radius 3 is 2.94 bits per heavy atom. The van der Waals surface area contributed by atoms with Gasteiger partial charge in [0.15, 0.2) is 0 Å². The van der Waals surface area contributed by atoms with Crippen LogP contribution in [0.2, 0.25) is 0 Å². The van der Waals surface area contributed by atoms with E-state index < -0.39 is 12.0 Å². The van der Waals surface area contributed by atoms with E-state index in [1.165, 1.54) is 0 Å². The summed E-state index contributed by atoms with van der Waals surface area (Å²) in [6.45, 7) is 1.96. The molecule has 0 aromatic carbocycles. The Balaban J connectivity index is 2.66. The zero-order valence-electron chi connectivity index (χ0n) is 8.77. The van der Waals surface area contributed by atoms with Gasteiger partial charge in [-0.25, -0.2) is 9.97 Å². The highest BCUT2D eigenvalue weighted by Gasteiger charge is 2.10. The van der Waals surface area contributed by atoms with Crippen LogP contribution in [0.5, 0.6) is 0 Å². The minimum atomic E-state index is -1.22. The average Bonchev–Trinajstić information content (AvgIpc) is 2.24. The van der Waals surface area contributed by atoms with Gasteiger partial charge in [-0.15, -0.1) is 0 Å². The third-order valence-electron chi connectivity index (χ3n) is 1.86. The maximum atomic E-state index is 10.6. The fourth-order valence-corrected chi connectivity index (χ4v) is 1.44. The average molecular weight is 289 g/mol. The molecule has 0 radical (unpaired) electrons. The predicted octanol–water partition coefficient (Wildman–Crippen LogP) is 0.0596. The van der Waals surface area contributed by atoms with Crippen LogP contribution in [0.25, 0.3) is 0 Å². The van der Waals surface area contributed by atoms with Crippen LogP contribution in [0, 0.1) is 0 Å². The summed E-state index contributed by atoms with van der Waals surface area (Å²) in [6.07, 6.45) is -0.522. The third-order valence-corrected chi connectivity index (χ3v) is 2.27. The van der Waals surface area contributed by atoms with Crippen molar-refractivity contribution in [3.63, 3.8) is 0 Å². The second-order valence-electron chi connectivity index (χ2n) is 3.14. The van der Waals surface area contributed by atoms with Gasteiger partial charge < -0.3 is 16.2 Å². The number of hydrogen-bond acceptors (Lipinski definition) is 5. The Bertz CT molecular complexity index is 386. The lowest BCUT2D eigenvalue weighted by molar-refractivity contribution is -0.125. The van der Waals surface area contributed by atoms with Crippen LogP contribution in [-0.2, 0) is 11.2 Å². The summed E-state index contributed by atoms with van der Waals surface area (Å²) in [4.78, 5) is 18.9. The first-order chi connectivity index (χ1) is 7.52. The number of primary amides is 1. The van der Waals surface area contributed by atoms with E-state index in [2.05, 4.69) is 31.2 Å². The molecule has 1 aromatic heterocycles. The molecule has 0 saturated carbocycles. The Morgan fingerprint density at radius 1 is 1.69 bits per heavy atom. The standard InChI is InChI=1S/C9H13BrN4O2/c1-2-7-13-6(10)3-8(14-7)12-4-5(15)9(11)16/h3,5,15H,2,4H2,1H3,(H2,11,16)(H,12,13,14). The molecule has 1 atom stereocenters. The van der Waals surface area contributed by atoms with E-state index in [4.69, 9.17) is 5.73 Å². The summed E-state index contributed by atoms with van der Waals surface area (Å²) in [5, 5.41) is 12.0. The summed E-state index contributed by atoms with van der Waals surface area (Å²) in [7, 11) is 0. The van der Waals surface area contributed by atoms with Crippen LogP contribution >= 0.6 is 15.9 Å². The van der Waals surface area contributed by atoms with Gasteiger partial charge >= 0.3 is 0 Å². The first-order valence-electron chi connectivity index (χ1n) is 4.77. The summed E-state index contributed by atoms with van der Waals surface area (Å²) in [5.41, 5.74) is 4.92. The SMILES string of the molecule is CCc1nc(Br)cc(NCC(O)C(N)=O)n1. The third kappa shape index (κ3) is 3.74. The van der Waals surface area contributed by atoms with E-state index >= 15 is 0 Å². The van der Waals surface area contributed by atoms with Gasteiger partial charge in [0.05, 0.1) is 6.54 Å². The van der Waals surface area contributed by atoms with Gasteiger partial charge in [0.1, 0.15) is 22.3 Å². The molecule has 1 unspecified atom stereocenters. The minimum absolute atomic E-state index is 0.0297. The van der Waals surface area contributed by atoms with Crippen molar-refractivity contribution in [1.29, 1.82) is 0 Å². The van der Waals surface area contributed by atoms with Gasteiger partial charge in [0.25, 0.3) is 0 Å². The number of aryl methyl sites for hydroxylation is 1. The van der Waals surface area contributed by atoms with Crippen molar-refractivity contribution >= 4 is 27.7 Å². The van der Waals surface area contributed by atoms with Gasteiger partial charge in [-0.05, 0) is 15.9 Å². The van der Waals surface area contributed by atoms with Crippen molar-refractivity contribution in [2.45, 2.75) is 19.4 Å². The number of carbonyl (C=O) groups excluding carboxylic acids is 1. The maximum absolute atomic E-state index is 10.6. The normalized spacial score (nSPS) is 12.2. The fraction of sp³-hybridized carbons (Fsp3) is 0.444.